The van der Waals surface area contributed by atoms with E-state index in [0.717, 1.165) is 17.7 Å². The first-order chi connectivity index (χ1) is 12.7. The molecule has 3 heterocycles. The Hall–Kier alpha value is -3.28. The average molecular weight is 345 g/mol. The Morgan fingerprint density at radius 2 is 2.04 bits per heavy atom. The molecule has 1 atom stereocenters. The van der Waals surface area contributed by atoms with Crippen molar-refractivity contribution >= 4 is 17.4 Å². The van der Waals surface area contributed by atoms with E-state index in [2.05, 4.69) is 33.3 Å². The van der Waals surface area contributed by atoms with Gasteiger partial charge < -0.3 is 10.2 Å². The third-order valence-electron chi connectivity index (χ3n) is 4.49. The zero-order chi connectivity index (χ0) is 17.9. The zero-order valence-corrected chi connectivity index (χ0v) is 14.5. The highest BCUT2D eigenvalue weighted by molar-refractivity contribution is 6.06. The summed E-state index contributed by atoms with van der Waals surface area (Å²) in [5.41, 5.74) is 3.55. The summed E-state index contributed by atoms with van der Waals surface area (Å²) < 4.78 is 0. The van der Waals surface area contributed by atoms with Crippen LogP contribution in [0.3, 0.4) is 0 Å². The van der Waals surface area contributed by atoms with Crippen LogP contribution in [0, 0.1) is 0 Å². The van der Waals surface area contributed by atoms with E-state index in [1.807, 2.05) is 35.2 Å². The van der Waals surface area contributed by atoms with Gasteiger partial charge in [0.2, 0.25) is 0 Å². The van der Waals surface area contributed by atoms with Crippen LogP contribution in [0.15, 0.2) is 61.2 Å². The second-order valence-electron chi connectivity index (χ2n) is 6.36. The highest BCUT2D eigenvalue weighted by atomic mass is 16.2. The van der Waals surface area contributed by atoms with Crippen molar-refractivity contribution in [2.75, 3.05) is 10.2 Å². The Kier molecular flexibility index (Phi) is 4.31. The van der Waals surface area contributed by atoms with Gasteiger partial charge in [0.05, 0.1) is 12.4 Å². The van der Waals surface area contributed by atoms with Crippen LogP contribution in [-0.4, -0.2) is 26.9 Å². The van der Waals surface area contributed by atoms with Crippen LogP contribution in [0.25, 0.3) is 0 Å². The predicted molar refractivity (Wildman–Crippen MR) is 100 cm³/mol. The van der Waals surface area contributed by atoms with Crippen LogP contribution < -0.4 is 10.2 Å². The molecule has 1 aliphatic heterocycles. The molecule has 1 aliphatic rings. The molecule has 1 amide bonds. The quantitative estimate of drug-likeness (QED) is 0.787. The SMILES string of the molecule is CC1Cc2ccccc2N1C(=O)c1cnc(NCc2cccnc2)cn1. The number of pyridine rings is 1. The molecule has 0 radical (unpaired) electrons. The number of benzene rings is 1. The van der Waals surface area contributed by atoms with Crippen molar-refractivity contribution in [2.45, 2.75) is 25.9 Å². The number of aromatic nitrogens is 3. The number of anilines is 2. The maximum Gasteiger partial charge on any atom is 0.278 e. The van der Waals surface area contributed by atoms with Gasteiger partial charge in [-0.15, -0.1) is 0 Å². The fraction of sp³-hybridized carbons (Fsp3) is 0.200. The Morgan fingerprint density at radius 3 is 2.81 bits per heavy atom. The molecule has 26 heavy (non-hydrogen) atoms. The van der Waals surface area contributed by atoms with Crippen LogP contribution in [0.1, 0.15) is 28.5 Å². The Bertz CT molecular complexity index is 911. The molecule has 6 nitrogen and oxygen atoms in total. The molecule has 2 aromatic heterocycles. The number of fused-ring (bicyclic) bond motifs is 1. The first-order valence-corrected chi connectivity index (χ1v) is 8.58. The minimum Gasteiger partial charge on any atom is -0.365 e. The lowest BCUT2D eigenvalue weighted by Gasteiger charge is -2.22. The molecule has 0 saturated heterocycles. The number of carbonyl (C=O) groups is 1. The van der Waals surface area contributed by atoms with Gasteiger partial charge in [0.1, 0.15) is 11.5 Å². The second-order valence-corrected chi connectivity index (χ2v) is 6.36. The lowest BCUT2D eigenvalue weighted by atomic mass is 10.1. The van der Waals surface area contributed by atoms with Crippen LogP contribution in [0.5, 0.6) is 0 Å². The maximum atomic E-state index is 12.9. The predicted octanol–water partition coefficient (Wildman–Crippen LogP) is 3.08. The Balaban J connectivity index is 1.47. The minimum atomic E-state index is -0.117. The molecule has 1 unspecified atom stereocenters. The number of para-hydroxylation sites is 1. The molecule has 130 valence electrons. The van der Waals surface area contributed by atoms with E-state index < -0.39 is 0 Å². The minimum absolute atomic E-state index is 0.116. The second kappa shape index (κ2) is 6.92. The molecule has 3 aromatic rings. The molecule has 1 aromatic carbocycles. The van der Waals surface area contributed by atoms with E-state index in [1.54, 1.807) is 18.6 Å². The number of nitrogens with one attached hydrogen (secondary N) is 1. The first kappa shape index (κ1) is 16.2. The van der Waals surface area contributed by atoms with Crippen molar-refractivity contribution in [2.24, 2.45) is 0 Å². The third kappa shape index (κ3) is 3.13. The topological polar surface area (TPSA) is 71.0 Å². The van der Waals surface area contributed by atoms with E-state index in [-0.39, 0.29) is 11.9 Å². The van der Waals surface area contributed by atoms with Gasteiger partial charge in [-0.05, 0) is 36.6 Å². The summed E-state index contributed by atoms with van der Waals surface area (Å²) in [6, 6.07) is 12.0. The van der Waals surface area contributed by atoms with Crippen LogP contribution in [-0.2, 0) is 13.0 Å². The van der Waals surface area contributed by atoms with Crippen LogP contribution in [0.4, 0.5) is 11.5 Å². The standard InChI is InChI=1S/C20H19N5O/c1-14-9-16-6-2-3-7-18(16)25(14)20(26)17-12-24-19(13-22-17)23-11-15-5-4-8-21-10-15/h2-8,10,12-14H,9,11H2,1H3,(H,23,24). The zero-order valence-electron chi connectivity index (χ0n) is 14.5. The van der Waals surface area contributed by atoms with Crippen molar-refractivity contribution in [1.82, 2.24) is 15.0 Å². The molecular formula is C20H19N5O. The normalized spacial score (nSPS) is 15.6. The first-order valence-electron chi connectivity index (χ1n) is 8.58. The maximum absolute atomic E-state index is 12.9. The lowest BCUT2D eigenvalue weighted by Crippen LogP contribution is -2.36. The molecule has 4 rings (SSSR count). The molecular weight excluding hydrogens is 326 g/mol. The summed E-state index contributed by atoms with van der Waals surface area (Å²) >= 11 is 0. The van der Waals surface area contributed by atoms with Crippen molar-refractivity contribution < 1.29 is 4.79 Å². The van der Waals surface area contributed by atoms with Crippen molar-refractivity contribution in [1.29, 1.82) is 0 Å². The largest absolute Gasteiger partial charge is 0.365 e. The van der Waals surface area contributed by atoms with Crippen molar-refractivity contribution in [3.05, 3.63) is 78.0 Å². The highest BCUT2D eigenvalue weighted by Gasteiger charge is 2.31. The molecule has 6 heteroatoms. The molecule has 0 bridgehead atoms. The smallest absolute Gasteiger partial charge is 0.278 e. The Morgan fingerprint density at radius 1 is 1.15 bits per heavy atom. The number of hydrogen-bond donors (Lipinski definition) is 1. The van der Waals surface area contributed by atoms with Crippen LogP contribution >= 0.6 is 0 Å². The van der Waals surface area contributed by atoms with Crippen LogP contribution in [0.2, 0.25) is 0 Å². The number of hydrogen-bond acceptors (Lipinski definition) is 5. The van der Waals surface area contributed by atoms with E-state index in [0.29, 0.717) is 18.1 Å². The molecule has 1 N–H and O–H groups in total. The van der Waals surface area contributed by atoms with Crippen molar-refractivity contribution in [3.8, 4) is 0 Å². The van der Waals surface area contributed by atoms with Crippen molar-refractivity contribution in [3.63, 3.8) is 0 Å². The van der Waals surface area contributed by atoms with E-state index in [9.17, 15) is 4.79 Å². The molecule has 0 fully saturated rings. The van der Waals surface area contributed by atoms with E-state index in [1.165, 1.54) is 11.8 Å². The summed E-state index contributed by atoms with van der Waals surface area (Å²) in [6.45, 7) is 2.65. The van der Waals surface area contributed by atoms with Gasteiger partial charge >= 0.3 is 0 Å². The third-order valence-corrected chi connectivity index (χ3v) is 4.49. The van der Waals surface area contributed by atoms with E-state index >= 15 is 0 Å². The number of carbonyl (C=O) groups excluding carboxylic acids is 1. The fourth-order valence-electron chi connectivity index (χ4n) is 3.22. The fourth-order valence-corrected chi connectivity index (χ4v) is 3.22. The summed E-state index contributed by atoms with van der Waals surface area (Å²) in [5, 5.41) is 3.18. The number of rotatable bonds is 4. The van der Waals surface area contributed by atoms with Gasteiger partial charge in [-0.1, -0.05) is 24.3 Å². The molecule has 0 aliphatic carbocycles. The highest BCUT2D eigenvalue weighted by Crippen LogP contribution is 2.32. The molecule has 0 saturated carbocycles. The summed E-state index contributed by atoms with van der Waals surface area (Å²) in [4.78, 5) is 27.4. The van der Waals surface area contributed by atoms with Gasteiger partial charge in [0, 0.05) is 30.7 Å². The van der Waals surface area contributed by atoms with Gasteiger partial charge in [-0.25, -0.2) is 9.97 Å². The monoisotopic (exact) mass is 345 g/mol. The summed E-state index contributed by atoms with van der Waals surface area (Å²) in [6.07, 6.45) is 7.52. The molecule has 0 spiro atoms. The van der Waals surface area contributed by atoms with Gasteiger partial charge in [0.15, 0.2) is 0 Å². The van der Waals surface area contributed by atoms with Gasteiger partial charge in [-0.2, -0.15) is 0 Å². The average Bonchev–Trinajstić information content (AvgIpc) is 3.03. The number of amides is 1. The summed E-state index contributed by atoms with van der Waals surface area (Å²) in [7, 11) is 0. The lowest BCUT2D eigenvalue weighted by molar-refractivity contribution is 0.0976. The Labute approximate surface area is 151 Å². The summed E-state index contributed by atoms with van der Waals surface area (Å²) in [5.74, 6) is 0.508. The van der Waals surface area contributed by atoms with E-state index in [4.69, 9.17) is 0 Å². The number of nitrogens with zero attached hydrogens (tertiary/aromatic N) is 4. The van der Waals surface area contributed by atoms with Gasteiger partial charge in [-0.3, -0.25) is 9.78 Å². The van der Waals surface area contributed by atoms with Gasteiger partial charge in [0.25, 0.3) is 5.91 Å².